The predicted octanol–water partition coefficient (Wildman–Crippen LogP) is 1.96. The lowest BCUT2D eigenvalue weighted by atomic mass is 10.1. The first-order chi connectivity index (χ1) is 11.1. The minimum Gasteiger partial charge on any atom is -0.454 e. The van der Waals surface area contributed by atoms with E-state index in [0.29, 0.717) is 12.1 Å². The molecule has 0 amide bonds. The van der Waals surface area contributed by atoms with Crippen LogP contribution in [0.3, 0.4) is 0 Å². The van der Waals surface area contributed by atoms with Gasteiger partial charge in [-0.05, 0) is 13.0 Å². The zero-order chi connectivity index (χ0) is 16.2. The summed E-state index contributed by atoms with van der Waals surface area (Å²) >= 11 is 0. The van der Waals surface area contributed by atoms with Crippen molar-refractivity contribution in [1.29, 1.82) is 0 Å². The van der Waals surface area contributed by atoms with Gasteiger partial charge >= 0.3 is 5.97 Å². The molecular weight excluding hydrogens is 296 g/mol. The Balaban J connectivity index is 1.62. The molecule has 23 heavy (non-hydrogen) atoms. The lowest BCUT2D eigenvalue weighted by molar-refractivity contribution is -0.146. The molecule has 1 unspecified atom stereocenters. The quantitative estimate of drug-likeness (QED) is 0.555. The van der Waals surface area contributed by atoms with Crippen molar-refractivity contribution < 1.29 is 14.3 Å². The minimum atomic E-state index is -0.836. The number of hydrogen-bond acceptors (Lipinski definition) is 5. The van der Waals surface area contributed by atoms with Crippen LogP contribution >= 0.6 is 0 Å². The summed E-state index contributed by atoms with van der Waals surface area (Å²) in [5, 5.41) is 8.24. The van der Waals surface area contributed by atoms with Gasteiger partial charge in [-0.3, -0.25) is 14.3 Å². The summed E-state index contributed by atoms with van der Waals surface area (Å²) in [4.78, 5) is 27.3. The summed E-state index contributed by atoms with van der Waals surface area (Å²) in [5.41, 5.74) is 1.40. The molecule has 0 aliphatic carbocycles. The molecule has 0 saturated heterocycles. The number of nitrogens with one attached hydrogen (secondary N) is 1. The molecule has 0 bridgehead atoms. The highest BCUT2D eigenvalue weighted by Crippen LogP contribution is 2.20. The summed E-state index contributed by atoms with van der Waals surface area (Å²) in [6.07, 6.45) is 4.14. The molecule has 2 heterocycles. The van der Waals surface area contributed by atoms with Crippen molar-refractivity contribution >= 4 is 22.7 Å². The number of aromatic nitrogens is 4. The van der Waals surface area contributed by atoms with Crippen LogP contribution in [0.2, 0.25) is 0 Å². The molecule has 0 spiro atoms. The monoisotopic (exact) mass is 312 g/mol. The van der Waals surface area contributed by atoms with Crippen molar-refractivity contribution in [1.82, 2.24) is 20.0 Å². The van der Waals surface area contributed by atoms with Crippen molar-refractivity contribution in [2.75, 3.05) is 0 Å². The van der Waals surface area contributed by atoms with E-state index >= 15 is 0 Å². The second-order valence-electron chi connectivity index (χ2n) is 5.16. The number of esters is 1. The van der Waals surface area contributed by atoms with Gasteiger partial charge in [-0.1, -0.05) is 23.4 Å². The van der Waals surface area contributed by atoms with Gasteiger partial charge < -0.3 is 9.72 Å². The Hall–Kier alpha value is -2.96. The zero-order valence-electron chi connectivity index (χ0n) is 12.6. The molecule has 2 aromatic heterocycles. The number of rotatable bonds is 6. The van der Waals surface area contributed by atoms with Crippen molar-refractivity contribution in [3.8, 4) is 0 Å². The largest absolute Gasteiger partial charge is 0.454 e. The molecule has 7 heteroatoms. The van der Waals surface area contributed by atoms with Gasteiger partial charge in [0.15, 0.2) is 6.10 Å². The molecule has 7 nitrogen and oxygen atoms in total. The highest BCUT2D eigenvalue weighted by atomic mass is 16.5. The number of carbonyl (C=O) groups excluding carboxylic acids is 2. The first-order valence-corrected chi connectivity index (χ1v) is 7.29. The number of ketones is 1. The maximum absolute atomic E-state index is 12.5. The Morgan fingerprint density at radius 3 is 2.96 bits per heavy atom. The van der Waals surface area contributed by atoms with E-state index in [1.807, 2.05) is 24.3 Å². The van der Waals surface area contributed by atoms with Crippen LogP contribution in [-0.2, 0) is 16.1 Å². The number of aryl methyl sites for hydroxylation is 1. The predicted molar refractivity (Wildman–Crippen MR) is 82.8 cm³/mol. The first kappa shape index (κ1) is 15.0. The lowest BCUT2D eigenvalue weighted by Crippen LogP contribution is -2.24. The van der Waals surface area contributed by atoms with E-state index < -0.39 is 12.1 Å². The molecule has 0 saturated carbocycles. The van der Waals surface area contributed by atoms with Gasteiger partial charge in [0.1, 0.15) is 0 Å². The van der Waals surface area contributed by atoms with Gasteiger partial charge in [-0.25, -0.2) is 0 Å². The summed E-state index contributed by atoms with van der Waals surface area (Å²) in [5.74, 6) is -0.669. The van der Waals surface area contributed by atoms with Crippen molar-refractivity contribution in [3.05, 3.63) is 48.4 Å². The number of fused-ring (bicyclic) bond motifs is 1. The second kappa shape index (κ2) is 6.43. The van der Waals surface area contributed by atoms with Gasteiger partial charge in [0, 0.05) is 28.9 Å². The molecule has 1 atom stereocenters. The highest BCUT2D eigenvalue weighted by molar-refractivity contribution is 6.10. The van der Waals surface area contributed by atoms with E-state index in [2.05, 4.69) is 15.3 Å². The van der Waals surface area contributed by atoms with E-state index in [1.54, 1.807) is 19.3 Å². The van der Waals surface area contributed by atoms with Crippen LogP contribution in [0.4, 0.5) is 0 Å². The molecule has 0 fully saturated rings. The minimum absolute atomic E-state index is 0.134. The smallest absolute Gasteiger partial charge is 0.308 e. The van der Waals surface area contributed by atoms with Crippen LogP contribution in [0.5, 0.6) is 0 Å². The number of nitrogens with zero attached hydrogens (tertiary/aromatic N) is 3. The summed E-state index contributed by atoms with van der Waals surface area (Å²) in [6, 6.07) is 7.50. The van der Waals surface area contributed by atoms with E-state index in [0.717, 1.165) is 10.9 Å². The number of benzene rings is 1. The molecule has 0 aliphatic rings. The Morgan fingerprint density at radius 1 is 1.35 bits per heavy atom. The number of Topliss-reactive ketones (excluding diaryl/α,β-unsaturated/α-hetero) is 1. The molecule has 1 N–H and O–H groups in total. The third kappa shape index (κ3) is 3.28. The average Bonchev–Trinajstić information content (AvgIpc) is 3.21. The Labute approximate surface area is 132 Å². The number of H-pyrrole nitrogens is 1. The fourth-order valence-corrected chi connectivity index (χ4v) is 2.36. The third-order valence-corrected chi connectivity index (χ3v) is 3.55. The summed E-state index contributed by atoms with van der Waals surface area (Å²) < 4.78 is 6.75. The SMILES string of the molecule is CC(OC(=O)CCn1ccnn1)C(=O)c1c[nH]c2ccccc12. The van der Waals surface area contributed by atoms with E-state index in [-0.39, 0.29) is 12.2 Å². The fourth-order valence-electron chi connectivity index (χ4n) is 2.36. The van der Waals surface area contributed by atoms with Crippen LogP contribution in [-0.4, -0.2) is 37.8 Å². The average molecular weight is 312 g/mol. The topological polar surface area (TPSA) is 89.9 Å². The summed E-state index contributed by atoms with van der Waals surface area (Å²) in [7, 11) is 0. The Kier molecular flexibility index (Phi) is 4.18. The maximum atomic E-state index is 12.5. The van der Waals surface area contributed by atoms with Crippen molar-refractivity contribution in [3.63, 3.8) is 0 Å². The number of carbonyl (C=O) groups is 2. The van der Waals surface area contributed by atoms with Gasteiger partial charge in [0.05, 0.1) is 19.2 Å². The van der Waals surface area contributed by atoms with E-state index in [9.17, 15) is 9.59 Å². The number of aromatic amines is 1. The molecule has 3 aromatic rings. The van der Waals surface area contributed by atoms with Gasteiger partial charge in [0.25, 0.3) is 0 Å². The third-order valence-electron chi connectivity index (χ3n) is 3.55. The summed E-state index contributed by atoms with van der Waals surface area (Å²) in [6.45, 7) is 1.95. The van der Waals surface area contributed by atoms with Gasteiger partial charge in [-0.2, -0.15) is 0 Å². The molecule has 118 valence electrons. The molecule has 1 aromatic carbocycles. The second-order valence-corrected chi connectivity index (χ2v) is 5.16. The van der Waals surface area contributed by atoms with Crippen LogP contribution in [0.1, 0.15) is 23.7 Å². The van der Waals surface area contributed by atoms with Gasteiger partial charge in [0.2, 0.25) is 5.78 Å². The molecule has 3 rings (SSSR count). The number of ether oxygens (including phenoxy) is 1. The van der Waals surface area contributed by atoms with Crippen LogP contribution < -0.4 is 0 Å². The standard InChI is InChI=1S/C16H16N4O3/c1-11(23-15(21)6-8-20-9-7-18-19-20)16(22)13-10-17-14-5-3-2-4-12(13)14/h2-5,7,9-11,17H,6,8H2,1H3. The zero-order valence-corrected chi connectivity index (χ0v) is 12.6. The number of hydrogen-bond donors (Lipinski definition) is 1. The van der Waals surface area contributed by atoms with E-state index in [1.165, 1.54) is 10.9 Å². The van der Waals surface area contributed by atoms with Crippen LogP contribution in [0.15, 0.2) is 42.9 Å². The molecule has 0 radical (unpaired) electrons. The fraction of sp³-hybridized carbons (Fsp3) is 0.250. The normalized spacial score (nSPS) is 12.2. The van der Waals surface area contributed by atoms with Crippen LogP contribution in [0.25, 0.3) is 10.9 Å². The maximum Gasteiger partial charge on any atom is 0.308 e. The Bertz CT molecular complexity index is 823. The highest BCUT2D eigenvalue weighted by Gasteiger charge is 2.22. The van der Waals surface area contributed by atoms with Gasteiger partial charge in [-0.15, -0.1) is 5.10 Å². The lowest BCUT2D eigenvalue weighted by Gasteiger charge is -2.11. The first-order valence-electron chi connectivity index (χ1n) is 7.29. The molecule has 0 aliphatic heterocycles. The number of para-hydroxylation sites is 1. The molecular formula is C16H16N4O3. The Morgan fingerprint density at radius 2 is 2.17 bits per heavy atom. The van der Waals surface area contributed by atoms with Crippen LogP contribution in [0, 0.1) is 0 Å². The van der Waals surface area contributed by atoms with Crippen molar-refractivity contribution in [2.24, 2.45) is 0 Å². The van der Waals surface area contributed by atoms with E-state index in [4.69, 9.17) is 4.74 Å². The van der Waals surface area contributed by atoms with Crippen molar-refractivity contribution in [2.45, 2.75) is 26.0 Å².